The molecular formula is C20H25ClN2O3S2. The second-order valence-corrected chi connectivity index (χ2v) is 9.88. The van der Waals surface area contributed by atoms with E-state index in [0.717, 1.165) is 16.7 Å². The summed E-state index contributed by atoms with van der Waals surface area (Å²) < 4.78 is 26.1. The van der Waals surface area contributed by atoms with Crippen LogP contribution in [0.1, 0.15) is 18.9 Å². The van der Waals surface area contributed by atoms with Gasteiger partial charge in [-0.2, -0.15) is 0 Å². The zero-order valence-electron chi connectivity index (χ0n) is 16.2. The monoisotopic (exact) mass is 440 g/mol. The van der Waals surface area contributed by atoms with Crippen LogP contribution in [0.25, 0.3) is 0 Å². The number of amides is 1. The number of hydrogen-bond acceptors (Lipinski definition) is 4. The van der Waals surface area contributed by atoms with E-state index in [4.69, 9.17) is 11.6 Å². The minimum absolute atomic E-state index is 0.300. The Balaban J connectivity index is 2.04. The van der Waals surface area contributed by atoms with Crippen LogP contribution in [-0.2, 0) is 14.8 Å². The van der Waals surface area contributed by atoms with Crippen LogP contribution in [0.15, 0.2) is 53.4 Å². The van der Waals surface area contributed by atoms with Crippen molar-refractivity contribution in [2.24, 2.45) is 0 Å². The molecular weight excluding hydrogens is 416 g/mol. The van der Waals surface area contributed by atoms with Crippen molar-refractivity contribution < 1.29 is 13.2 Å². The Hall–Kier alpha value is -1.70. The lowest BCUT2D eigenvalue weighted by molar-refractivity contribution is -0.122. The van der Waals surface area contributed by atoms with Gasteiger partial charge in [0.2, 0.25) is 15.9 Å². The zero-order chi connectivity index (χ0) is 20.7. The van der Waals surface area contributed by atoms with Crippen molar-refractivity contribution in [3.8, 4) is 0 Å². The highest BCUT2D eigenvalue weighted by Gasteiger charge is 2.31. The molecule has 1 unspecified atom stereocenters. The van der Waals surface area contributed by atoms with Gasteiger partial charge >= 0.3 is 0 Å². The van der Waals surface area contributed by atoms with Gasteiger partial charge in [-0.25, -0.2) is 8.42 Å². The summed E-state index contributed by atoms with van der Waals surface area (Å²) in [4.78, 5) is 13.8. The van der Waals surface area contributed by atoms with Gasteiger partial charge in [-0.3, -0.25) is 9.10 Å². The summed E-state index contributed by atoms with van der Waals surface area (Å²) in [5, 5.41) is 3.54. The molecule has 5 nitrogen and oxygen atoms in total. The first-order valence-corrected chi connectivity index (χ1v) is 12.2. The van der Waals surface area contributed by atoms with Crippen LogP contribution < -0.4 is 9.62 Å². The maximum Gasteiger partial charge on any atom is 0.243 e. The fourth-order valence-corrected chi connectivity index (χ4v) is 4.91. The number of aryl methyl sites for hydroxylation is 1. The second kappa shape index (κ2) is 10.2. The molecule has 1 atom stereocenters. The van der Waals surface area contributed by atoms with E-state index in [0.29, 0.717) is 29.4 Å². The first-order chi connectivity index (χ1) is 13.2. The Morgan fingerprint density at radius 3 is 2.46 bits per heavy atom. The van der Waals surface area contributed by atoms with Crippen LogP contribution in [-0.4, -0.2) is 38.9 Å². The van der Waals surface area contributed by atoms with Gasteiger partial charge in [0.05, 0.1) is 11.9 Å². The molecule has 0 aliphatic rings. The molecule has 0 bridgehead atoms. The number of thioether (sulfide) groups is 1. The summed E-state index contributed by atoms with van der Waals surface area (Å²) in [5.41, 5.74) is 1.43. The number of nitrogens with zero attached hydrogens (tertiary/aromatic N) is 1. The van der Waals surface area contributed by atoms with Gasteiger partial charge in [0.25, 0.3) is 0 Å². The fourth-order valence-electron chi connectivity index (χ4n) is 2.82. The average molecular weight is 441 g/mol. The Labute approximate surface area is 176 Å². The van der Waals surface area contributed by atoms with Gasteiger partial charge in [0, 0.05) is 22.2 Å². The van der Waals surface area contributed by atoms with E-state index in [2.05, 4.69) is 5.32 Å². The molecule has 2 aromatic carbocycles. The van der Waals surface area contributed by atoms with Crippen LogP contribution >= 0.6 is 23.4 Å². The molecule has 2 rings (SSSR count). The smallest absolute Gasteiger partial charge is 0.243 e. The maximum atomic E-state index is 12.7. The molecule has 28 heavy (non-hydrogen) atoms. The van der Waals surface area contributed by atoms with Crippen molar-refractivity contribution in [2.75, 3.05) is 22.9 Å². The van der Waals surface area contributed by atoms with E-state index < -0.39 is 16.1 Å². The Kier molecular flexibility index (Phi) is 8.22. The van der Waals surface area contributed by atoms with E-state index in [1.165, 1.54) is 4.31 Å². The molecule has 0 heterocycles. The summed E-state index contributed by atoms with van der Waals surface area (Å²) >= 11 is 7.47. The molecule has 152 valence electrons. The highest BCUT2D eigenvalue weighted by molar-refractivity contribution is 7.99. The predicted octanol–water partition coefficient (Wildman–Crippen LogP) is 4.10. The number of rotatable bonds is 9. The first kappa shape index (κ1) is 22.6. The van der Waals surface area contributed by atoms with Gasteiger partial charge in [-0.05, 0) is 55.3 Å². The third kappa shape index (κ3) is 6.43. The SMILES string of the molecule is CCC(C(=O)NCCSc1ccc(Cl)cc1)N(c1cccc(C)c1)S(C)(=O)=O. The minimum atomic E-state index is -3.61. The highest BCUT2D eigenvalue weighted by Crippen LogP contribution is 2.24. The normalized spacial score (nSPS) is 12.4. The molecule has 0 spiro atoms. The molecule has 0 saturated heterocycles. The molecule has 0 radical (unpaired) electrons. The second-order valence-electron chi connectivity index (χ2n) is 6.42. The quantitative estimate of drug-likeness (QED) is 0.471. The van der Waals surface area contributed by atoms with Crippen LogP contribution in [0.2, 0.25) is 5.02 Å². The molecule has 0 aromatic heterocycles. The number of hydrogen-bond donors (Lipinski definition) is 1. The fraction of sp³-hybridized carbons (Fsp3) is 0.350. The van der Waals surface area contributed by atoms with E-state index in [-0.39, 0.29) is 5.91 Å². The summed E-state index contributed by atoms with van der Waals surface area (Å²) in [6.07, 6.45) is 1.50. The summed E-state index contributed by atoms with van der Waals surface area (Å²) in [7, 11) is -3.61. The topological polar surface area (TPSA) is 66.5 Å². The van der Waals surface area contributed by atoms with Gasteiger partial charge < -0.3 is 5.32 Å². The highest BCUT2D eigenvalue weighted by atomic mass is 35.5. The first-order valence-electron chi connectivity index (χ1n) is 8.94. The summed E-state index contributed by atoms with van der Waals surface area (Å²) in [5.74, 6) is 0.374. The van der Waals surface area contributed by atoms with E-state index in [1.807, 2.05) is 37.3 Å². The Bertz CT molecular complexity index is 902. The van der Waals surface area contributed by atoms with Crippen LogP contribution in [0, 0.1) is 6.92 Å². The zero-order valence-corrected chi connectivity index (χ0v) is 18.6. The molecule has 1 amide bonds. The maximum absolute atomic E-state index is 12.7. The van der Waals surface area contributed by atoms with E-state index in [9.17, 15) is 13.2 Å². The molecule has 2 aromatic rings. The summed E-state index contributed by atoms with van der Waals surface area (Å²) in [6, 6.07) is 13.9. The van der Waals surface area contributed by atoms with E-state index in [1.54, 1.807) is 36.9 Å². The predicted molar refractivity (Wildman–Crippen MR) is 118 cm³/mol. The lowest BCUT2D eigenvalue weighted by Gasteiger charge is -2.30. The minimum Gasteiger partial charge on any atom is -0.353 e. The Morgan fingerprint density at radius 2 is 1.89 bits per heavy atom. The number of benzene rings is 2. The van der Waals surface area contributed by atoms with Gasteiger partial charge in [-0.1, -0.05) is 30.7 Å². The van der Waals surface area contributed by atoms with Crippen LogP contribution in [0.4, 0.5) is 5.69 Å². The number of anilines is 1. The lowest BCUT2D eigenvalue weighted by atomic mass is 10.1. The van der Waals surface area contributed by atoms with Crippen molar-refractivity contribution in [2.45, 2.75) is 31.2 Å². The number of halogens is 1. The molecule has 1 N–H and O–H groups in total. The Morgan fingerprint density at radius 1 is 1.21 bits per heavy atom. The third-order valence-electron chi connectivity index (χ3n) is 4.07. The van der Waals surface area contributed by atoms with Gasteiger partial charge in [0.1, 0.15) is 6.04 Å². The summed E-state index contributed by atoms with van der Waals surface area (Å²) in [6.45, 7) is 4.13. The van der Waals surface area contributed by atoms with Crippen molar-refractivity contribution >= 4 is 45.0 Å². The average Bonchev–Trinajstić information content (AvgIpc) is 2.63. The van der Waals surface area contributed by atoms with E-state index >= 15 is 0 Å². The number of sulfonamides is 1. The van der Waals surface area contributed by atoms with Crippen LogP contribution in [0.5, 0.6) is 0 Å². The number of carbonyl (C=O) groups excluding carboxylic acids is 1. The molecule has 0 aliphatic carbocycles. The molecule has 8 heteroatoms. The molecule has 0 aliphatic heterocycles. The number of carbonyl (C=O) groups is 1. The van der Waals surface area contributed by atoms with Crippen molar-refractivity contribution in [3.63, 3.8) is 0 Å². The standard InChI is InChI=1S/C20H25ClN2O3S2/c1-4-19(23(28(3,25)26)17-7-5-6-15(2)14-17)20(24)22-12-13-27-18-10-8-16(21)9-11-18/h5-11,14,19H,4,12-13H2,1-3H3,(H,22,24). The molecule has 0 saturated carbocycles. The third-order valence-corrected chi connectivity index (χ3v) is 6.52. The lowest BCUT2D eigenvalue weighted by Crippen LogP contribution is -2.49. The van der Waals surface area contributed by atoms with Crippen molar-refractivity contribution in [3.05, 3.63) is 59.1 Å². The largest absolute Gasteiger partial charge is 0.353 e. The van der Waals surface area contributed by atoms with Gasteiger partial charge in [0.15, 0.2) is 0 Å². The van der Waals surface area contributed by atoms with Crippen molar-refractivity contribution in [1.82, 2.24) is 5.32 Å². The number of nitrogens with one attached hydrogen (secondary N) is 1. The van der Waals surface area contributed by atoms with Gasteiger partial charge in [-0.15, -0.1) is 11.8 Å². The molecule has 0 fully saturated rings. The van der Waals surface area contributed by atoms with Crippen molar-refractivity contribution in [1.29, 1.82) is 0 Å². The van der Waals surface area contributed by atoms with Crippen LogP contribution in [0.3, 0.4) is 0 Å².